The highest BCUT2D eigenvalue weighted by Gasteiger charge is 2.56. The molecule has 2 aliphatic heterocycles. The summed E-state index contributed by atoms with van der Waals surface area (Å²) < 4.78 is 33.7. The Morgan fingerprint density at radius 3 is 0.844 bits per heavy atom. The van der Waals surface area contributed by atoms with Crippen molar-refractivity contribution in [3.8, 4) is 55.6 Å². The van der Waals surface area contributed by atoms with E-state index < -0.39 is 34.7 Å². The van der Waals surface area contributed by atoms with Crippen LogP contribution in [0.2, 0.25) is 0 Å². The maximum Gasteiger partial charge on any atom is 0.323 e. The van der Waals surface area contributed by atoms with E-state index in [4.69, 9.17) is 28.4 Å². The van der Waals surface area contributed by atoms with Gasteiger partial charge in [-0.3, -0.25) is 19.2 Å². The van der Waals surface area contributed by atoms with E-state index in [9.17, 15) is 19.2 Å². The molecule has 0 radical (unpaired) electrons. The maximum atomic E-state index is 13.9. The molecule has 0 N–H and O–H groups in total. The van der Waals surface area contributed by atoms with Crippen LogP contribution < -0.4 is 0 Å². The number of hydrogen-bond donors (Lipinski definition) is 0. The Hall–Kier alpha value is -6.88. The van der Waals surface area contributed by atoms with Crippen molar-refractivity contribution >= 4 is 23.9 Å². The van der Waals surface area contributed by atoms with E-state index in [1.165, 1.54) is 28.4 Å². The molecule has 0 spiro atoms. The van der Waals surface area contributed by atoms with Crippen LogP contribution >= 0.6 is 0 Å². The molecule has 6 aromatic carbocycles. The van der Waals surface area contributed by atoms with Gasteiger partial charge in [0.15, 0.2) is 10.8 Å². The SMILES string of the molecule is COC(=O)C1(C(=O)OC)Cc2c(-c3ccc(-c4ccccc4)c4c3COC4)ccc(-c3ccc(-c4ccc(-c5ccccc5)c5c4COC5)c4c3CC(C(=O)OC)(C(=O)OC)C4)c2C1. The first kappa shape index (κ1) is 41.1. The lowest BCUT2D eigenvalue weighted by molar-refractivity contribution is -0.170. The minimum atomic E-state index is -1.66. The van der Waals surface area contributed by atoms with Gasteiger partial charge in [0.25, 0.3) is 0 Å². The van der Waals surface area contributed by atoms with Gasteiger partial charge in [-0.2, -0.15) is 0 Å². The Bertz CT molecular complexity index is 2680. The summed E-state index contributed by atoms with van der Waals surface area (Å²) in [7, 11) is 5.12. The fraction of sp³-hybridized carbons (Fsp3) is 0.259. The van der Waals surface area contributed by atoms with E-state index >= 15 is 0 Å². The minimum absolute atomic E-state index is 0.00705. The number of hydrogen-bond acceptors (Lipinski definition) is 10. The first-order valence-electron chi connectivity index (χ1n) is 21.4. The predicted molar refractivity (Wildman–Crippen MR) is 238 cm³/mol. The van der Waals surface area contributed by atoms with Gasteiger partial charge in [0, 0.05) is 25.7 Å². The van der Waals surface area contributed by atoms with Crippen molar-refractivity contribution in [2.45, 2.75) is 52.1 Å². The lowest BCUT2D eigenvalue weighted by Gasteiger charge is -2.23. The van der Waals surface area contributed by atoms with Crippen molar-refractivity contribution in [1.82, 2.24) is 0 Å². The molecule has 10 rings (SSSR count). The standard InChI is InChI=1S/C54H46O10/c1-59-49(55)53(50(56)60-2)23-41-35(19-21-37(43(41)25-53)39-17-15-33(31-11-7-5-8-12-31)45-27-63-29-47(39)45)36-20-22-38(44-26-54(24-42(36)44,51(57)61-3)52(58)62-4)40-18-16-34(32-13-9-6-10-14-32)46-28-64-30-48(40)46/h5-22H,23-30H2,1-4H3. The molecule has 0 unspecified atom stereocenters. The summed E-state index contributed by atoms with van der Waals surface area (Å²) >= 11 is 0. The number of carbonyl (C=O) groups excluding carboxylic acids is 4. The van der Waals surface area contributed by atoms with Gasteiger partial charge in [-0.1, -0.05) is 109 Å². The molecule has 64 heavy (non-hydrogen) atoms. The molecular formula is C54H46O10. The molecule has 0 saturated carbocycles. The second-order valence-electron chi connectivity index (χ2n) is 17.0. The van der Waals surface area contributed by atoms with Crippen LogP contribution in [-0.2, 0) is 99.7 Å². The third kappa shape index (κ3) is 6.22. The molecule has 0 amide bonds. The number of methoxy groups -OCH3 is 4. The van der Waals surface area contributed by atoms with Crippen molar-refractivity contribution in [2.75, 3.05) is 28.4 Å². The van der Waals surface area contributed by atoms with Gasteiger partial charge in [-0.15, -0.1) is 0 Å². The zero-order chi connectivity index (χ0) is 44.3. The second kappa shape index (κ2) is 16.0. The fourth-order valence-electron chi connectivity index (χ4n) is 10.9. The van der Waals surface area contributed by atoms with Gasteiger partial charge >= 0.3 is 23.9 Å². The first-order chi connectivity index (χ1) is 31.2. The Kier molecular flexibility index (Phi) is 10.3. The average Bonchev–Trinajstić information content (AvgIpc) is 4.18. The van der Waals surface area contributed by atoms with Crippen LogP contribution in [0.1, 0.15) is 44.5 Å². The van der Waals surface area contributed by atoms with Gasteiger partial charge in [0.05, 0.1) is 54.9 Å². The number of esters is 4. The Morgan fingerprint density at radius 2 is 0.578 bits per heavy atom. The number of benzene rings is 6. The van der Waals surface area contributed by atoms with Gasteiger partial charge < -0.3 is 28.4 Å². The molecule has 0 fully saturated rings. The maximum absolute atomic E-state index is 13.9. The molecule has 10 nitrogen and oxygen atoms in total. The third-order valence-electron chi connectivity index (χ3n) is 14.0. The quantitative estimate of drug-likeness (QED) is 0.0792. The monoisotopic (exact) mass is 854 g/mol. The van der Waals surface area contributed by atoms with E-state index in [2.05, 4.69) is 48.5 Å². The highest BCUT2D eigenvalue weighted by molar-refractivity contribution is 6.05. The summed E-state index contributed by atoms with van der Waals surface area (Å²) in [5.74, 6) is -2.75. The molecule has 2 heterocycles. The van der Waals surface area contributed by atoms with Crippen LogP contribution in [-0.4, -0.2) is 52.3 Å². The smallest absolute Gasteiger partial charge is 0.323 e. The molecule has 2 aliphatic carbocycles. The molecule has 0 atom stereocenters. The molecule has 0 bridgehead atoms. The van der Waals surface area contributed by atoms with Crippen LogP contribution in [0.4, 0.5) is 0 Å². The van der Waals surface area contributed by atoms with Crippen LogP contribution in [0, 0.1) is 10.8 Å². The fourth-order valence-corrected chi connectivity index (χ4v) is 10.9. The zero-order valence-corrected chi connectivity index (χ0v) is 36.1. The molecule has 322 valence electrons. The highest BCUT2D eigenvalue weighted by Crippen LogP contribution is 2.53. The summed E-state index contributed by atoms with van der Waals surface area (Å²) in [6, 6.07) is 36.9. The van der Waals surface area contributed by atoms with E-state index in [1.54, 1.807) is 0 Å². The van der Waals surface area contributed by atoms with Gasteiger partial charge in [-0.25, -0.2) is 0 Å². The normalized spacial score (nSPS) is 16.0. The number of ether oxygens (including phenoxy) is 6. The van der Waals surface area contributed by atoms with Crippen molar-refractivity contribution < 1.29 is 47.6 Å². The Labute approximate surface area is 371 Å². The van der Waals surface area contributed by atoms with E-state index in [0.29, 0.717) is 26.4 Å². The zero-order valence-electron chi connectivity index (χ0n) is 36.1. The van der Waals surface area contributed by atoms with E-state index in [-0.39, 0.29) is 25.7 Å². The van der Waals surface area contributed by atoms with Crippen molar-refractivity contribution in [1.29, 1.82) is 0 Å². The predicted octanol–water partition coefficient (Wildman–Crippen LogP) is 8.94. The molecule has 0 saturated heterocycles. The number of fused-ring (bicyclic) bond motifs is 4. The summed E-state index contributed by atoms with van der Waals surface area (Å²) in [5, 5.41) is 0. The van der Waals surface area contributed by atoms with Gasteiger partial charge in [0.1, 0.15) is 0 Å². The first-order valence-corrected chi connectivity index (χ1v) is 21.4. The van der Waals surface area contributed by atoms with E-state index in [0.717, 1.165) is 100 Å². The van der Waals surface area contributed by atoms with Gasteiger partial charge in [0.2, 0.25) is 0 Å². The molecule has 6 aromatic rings. The van der Waals surface area contributed by atoms with Crippen LogP contribution in [0.5, 0.6) is 0 Å². The second-order valence-corrected chi connectivity index (χ2v) is 17.0. The lowest BCUT2D eigenvalue weighted by Crippen LogP contribution is -2.42. The van der Waals surface area contributed by atoms with Crippen LogP contribution in [0.3, 0.4) is 0 Å². The average molecular weight is 855 g/mol. The van der Waals surface area contributed by atoms with E-state index in [1.807, 2.05) is 60.7 Å². The van der Waals surface area contributed by atoms with Gasteiger partial charge in [-0.05, 0) is 100 Å². The van der Waals surface area contributed by atoms with Crippen molar-refractivity contribution in [3.05, 3.63) is 154 Å². The Balaban J connectivity index is 1.20. The topological polar surface area (TPSA) is 124 Å². The summed E-state index contributed by atoms with van der Waals surface area (Å²) in [5.41, 5.74) is 13.7. The minimum Gasteiger partial charge on any atom is -0.468 e. The molecule has 10 heteroatoms. The third-order valence-corrected chi connectivity index (χ3v) is 14.0. The summed E-state index contributed by atoms with van der Waals surface area (Å²) in [6.07, 6.45) is 0.0882. The number of carbonyl (C=O) groups is 4. The molecular weight excluding hydrogens is 809 g/mol. The number of rotatable bonds is 9. The summed E-state index contributed by atoms with van der Waals surface area (Å²) in [6.45, 7) is 1.71. The lowest BCUT2D eigenvalue weighted by atomic mass is 9.83. The molecule has 4 aliphatic rings. The van der Waals surface area contributed by atoms with Crippen LogP contribution in [0.25, 0.3) is 55.6 Å². The van der Waals surface area contributed by atoms with Crippen molar-refractivity contribution in [3.63, 3.8) is 0 Å². The highest BCUT2D eigenvalue weighted by atomic mass is 16.6. The summed E-state index contributed by atoms with van der Waals surface area (Å²) in [4.78, 5) is 55.7. The Morgan fingerprint density at radius 1 is 0.344 bits per heavy atom. The van der Waals surface area contributed by atoms with Crippen molar-refractivity contribution in [2.24, 2.45) is 10.8 Å². The molecule has 0 aromatic heterocycles. The largest absolute Gasteiger partial charge is 0.468 e. The van der Waals surface area contributed by atoms with Crippen LogP contribution in [0.15, 0.2) is 109 Å².